The van der Waals surface area contributed by atoms with Crippen LogP contribution in [0.4, 0.5) is 5.82 Å². The Labute approximate surface area is 221 Å². The fourth-order valence-corrected chi connectivity index (χ4v) is 7.60. The molecule has 5 rings (SSSR count). The van der Waals surface area contributed by atoms with Crippen LogP contribution in [-0.4, -0.2) is 61.2 Å². The molecular weight excluding hydrogens is 516 g/mol. The molecule has 2 saturated carbocycles. The number of nitrogens with zero attached hydrogens (tertiary/aromatic N) is 2. The summed E-state index contributed by atoms with van der Waals surface area (Å²) >= 11 is 1.42. The number of nitrogens with one attached hydrogen (secondary N) is 2. The maximum atomic E-state index is 13.6. The number of aliphatic hydroxyl groups excluding tert-OH is 1. The molecule has 12 heteroatoms. The zero-order valence-corrected chi connectivity index (χ0v) is 22.5. The average Bonchev–Trinajstić information content (AvgIpc) is 3.66. The van der Waals surface area contributed by atoms with E-state index < -0.39 is 22.5 Å². The van der Waals surface area contributed by atoms with Gasteiger partial charge in [-0.2, -0.15) is 13.1 Å². The second-order valence-corrected chi connectivity index (χ2v) is 12.6. The first-order valence-corrected chi connectivity index (χ1v) is 15.2. The SMILES string of the molecule is CNS(=O)(=O)O[C@@H]1C[C@H](Nc2ncncc2C(=O)c2cc([C@]3(C4CCCCC4)CCCO3)cs2)C[C@@H]1O. The Balaban J connectivity index is 1.33. The Morgan fingerprint density at radius 3 is 2.78 bits per heavy atom. The fourth-order valence-electron chi connectivity index (χ4n) is 6.04. The summed E-state index contributed by atoms with van der Waals surface area (Å²) in [6.45, 7) is 0.754. The number of aliphatic hydroxyl groups is 1. The highest BCUT2D eigenvalue weighted by Gasteiger charge is 2.45. The molecule has 2 aliphatic carbocycles. The summed E-state index contributed by atoms with van der Waals surface area (Å²) in [6, 6.07) is 1.66. The first-order valence-electron chi connectivity index (χ1n) is 13.0. The number of aromatic nitrogens is 2. The van der Waals surface area contributed by atoms with Crippen molar-refractivity contribution in [1.29, 1.82) is 0 Å². The monoisotopic (exact) mass is 550 g/mol. The molecule has 1 aliphatic heterocycles. The van der Waals surface area contributed by atoms with Gasteiger partial charge in [0.15, 0.2) is 0 Å². The summed E-state index contributed by atoms with van der Waals surface area (Å²) in [7, 11) is -2.69. The van der Waals surface area contributed by atoms with Crippen molar-refractivity contribution in [3.63, 3.8) is 0 Å². The maximum Gasteiger partial charge on any atom is 0.335 e. The Bertz CT molecular complexity index is 1210. The first kappa shape index (κ1) is 26.6. The molecule has 3 heterocycles. The molecule has 3 fully saturated rings. The lowest BCUT2D eigenvalue weighted by molar-refractivity contribution is -0.0611. The third-order valence-corrected chi connectivity index (χ3v) is 9.83. The van der Waals surface area contributed by atoms with E-state index in [-0.39, 0.29) is 30.3 Å². The number of hydrogen-bond acceptors (Lipinski definition) is 10. The van der Waals surface area contributed by atoms with Crippen LogP contribution in [0.1, 0.15) is 78.6 Å². The second-order valence-electron chi connectivity index (χ2n) is 10.2. The summed E-state index contributed by atoms with van der Waals surface area (Å²) in [4.78, 5) is 22.6. The van der Waals surface area contributed by atoms with Gasteiger partial charge in [0.2, 0.25) is 5.78 Å². The zero-order chi connectivity index (χ0) is 26.0. The van der Waals surface area contributed by atoms with Crippen molar-refractivity contribution in [2.45, 2.75) is 81.6 Å². The Morgan fingerprint density at radius 1 is 1.24 bits per heavy atom. The number of anilines is 1. The highest BCUT2D eigenvalue weighted by atomic mass is 32.2. The van der Waals surface area contributed by atoms with Crippen molar-refractivity contribution in [3.05, 3.63) is 40.0 Å². The quantitative estimate of drug-likeness (QED) is 0.402. The molecule has 0 radical (unpaired) electrons. The first-order chi connectivity index (χ1) is 17.8. The van der Waals surface area contributed by atoms with Gasteiger partial charge in [-0.3, -0.25) is 8.98 Å². The van der Waals surface area contributed by atoms with Gasteiger partial charge < -0.3 is 15.2 Å². The van der Waals surface area contributed by atoms with E-state index in [2.05, 4.69) is 25.4 Å². The minimum absolute atomic E-state index is 0.180. The van der Waals surface area contributed by atoms with Gasteiger partial charge in [0.05, 0.1) is 22.1 Å². The third kappa shape index (κ3) is 5.59. The lowest BCUT2D eigenvalue weighted by atomic mass is 9.72. The number of carbonyl (C=O) groups excluding carboxylic acids is 1. The minimum atomic E-state index is -3.93. The predicted octanol–water partition coefficient (Wildman–Crippen LogP) is 3.14. The van der Waals surface area contributed by atoms with Crippen LogP contribution >= 0.6 is 11.3 Å². The number of hydrogen-bond donors (Lipinski definition) is 3. The van der Waals surface area contributed by atoms with Gasteiger partial charge in [0.1, 0.15) is 18.2 Å². The molecule has 2 aromatic heterocycles. The molecule has 1 saturated heterocycles. The lowest BCUT2D eigenvalue weighted by Crippen LogP contribution is -2.35. The third-order valence-electron chi connectivity index (χ3n) is 7.90. The molecule has 4 atom stereocenters. The highest BCUT2D eigenvalue weighted by Crippen LogP contribution is 2.49. The second kappa shape index (κ2) is 11.0. The van der Waals surface area contributed by atoms with E-state index in [4.69, 9.17) is 8.92 Å². The van der Waals surface area contributed by atoms with Crippen LogP contribution in [0, 0.1) is 5.92 Å². The van der Waals surface area contributed by atoms with Crippen molar-refractivity contribution in [2.75, 3.05) is 19.0 Å². The topological polar surface area (TPSA) is 140 Å². The number of rotatable bonds is 9. The van der Waals surface area contributed by atoms with Crippen molar-refractivity contribution in [3.8, 4) is 0 Å². The lowest BCUT2D eigenvalue weighted by Gasteiger charge is -2.39. The normalized spacial score (nSPS) is 29.0. The van der Waals surface area contributed by atoms with E-state index in [0.717, 1.165) is 37.9 Å². The van der Waals surface area contributed by atoms with E-state index in [9.17, 15) is 18.3 Å². The molecule has 0 unspecified atom stereocenters. The Kier molecular flexibility index (Phi) is 7.94. The van der Waals surface area contributed by atoms with Gasteiger partial charge in [-0.25, -0.2) is 9.97 Å². The number of thiophene rings is 1. The molecule has 2 aromatic rings. The maximum absolute atomic E-state index is 13.6. The largest absolute Gasteiger partial charge is 0.390 e. The molecule has 0 bridgehead atoms. The van der Waals surface area contributed by atoms with Crippen LogP contribution in [-0.2, 0) is 24.8 Å². The smallest absolute Gasteiger partial charge is 0.335 e. The fraction of sp³-hybridized carbons (Fsp3) is 0.640. The Hall–Kier alpha value is -1.96. The van der Waals surface area contributed by atoms with Gasteiger partial charge in [0, 0.05) is 25.9 Å². The molecule has 202 valence electrons. The summed E-state index contributed by atoms with van der Waals surface area (Å²) in [6.07, 6.45) is 9.55. The van der Waals surface area contributed by atoms with E-state index in [1.165, 1.54) is 50.2 Å². The van der Waals surface area contributed by atoms with Crippen LogP contribution in [0.25, 0.3) is 0 Å². The summed E-state index contributed by atoms with van der Waals surface area (Å²) in [5.41, 5.74) is 1.13. The van der Waals surface area contributed by atoms with E-state index in [1.54, 1.807) is 0 Å². The van der Waals surface area contributed by atoms with E-state index in [0.29, 0.717) is 22.2 Å². The number of carbonyl (C=O) groups is 1. The van der Waals surface area contributed by atoms with Crippen molar-refractivity contribution < 1.29 is 27.2 Å². The predicted molar refractivity (Wildman–Crippen MR) is 139 cm³/mol. The van der Waals surface area contributed by atoms with Gasteiger partial charge in [-0.05, 0) is 61.5 Å². The summed E-state index contributed by atoms with van der Waals surface area (Å²) in [5, 5.41) is 15.6. The average molecular weight is 551 g/mol. The van der Waals surface area contributed by atoms with Gasteiger partial charge in [0.25, 0.3) is 0 Å². The van der Waals surface area contributed by atoms with Crippen LogP contribution < -0.4 is 10.0 Å². The molecular formula is C25H34N4O6S2. The molecule has 37 heavy (non-hydrogen) atoms. The van der Waals surface area contributed by atoms with Crippen LogP contribution in [0.5, 0.6) is 0 Å². The van der Waals surface area contributed by atoms with Gasteiger partial charge in [-0.15, -0.1) is 11.3 Å². The molecule has 10 nitrogen and oxygen atoms in total. The van der Waals surface area contributed by atoms with Crippen LogP contribution in [0.3, 0.4) is 0 Å². The standard InChI is InChI=1S/C25H34N4O6S2/c1-26-37(32,33)35-21-12-18(11-20(21)30)29-24-19(13-27-15-28-24)23(31)22-10-17(14-36-22)25(8-5-9-34-25)16-6-3-2-4-7-16/h10,13-16,18,20-21,26,30H,2-9,11-12H2,1H3,(H,27,28,29)/t18-,20+,21-,25-/m1/s1. The van der Waals surface area contributed by atoms with Gasteiger partial charge >= 0.3 is 10.3 Å². The molecule has 0 aromatic carbocycles. The zero-order valence-electron chi connectivity index (χ0n) is 20.9. The van der Waals surface area contributed by atoms with Crippen molar-refractivity contribution >= 4 is 33.2 Å². The van der Waals surface area contributed by atoms with Gasteiger partial charge in [-0.1, -0.05) is 19.3 Å². The number of ether oxygens (including phenoxy) is 1. The van der Waals surface area contributed by atoms with Crippen LogP contribution in [0.2, 0.25) is 0 Å². The van der Waals surface area contributed by atoms with E-state index >= 15 is 0 Å². The molecule has 3 aliphatic rings. The Morgan fingerprint density at radius 2 is 2.05 bits per heavy atom. The molecule has 0 amide bonds. The molecule has 0 spiro atoms. The summed E-state index contributed by atoms with van der Waals surface area (Å²) < 4.78 is 37.0. The van der Waals surface area contributed by atoms with Crippen LogP contribution in [0.15, 0.2) is 24.0 Å². The number of ketones is 1. The minimum Gasteiger partial charge on any atom is -0.390 e. The highest BCUT2D eigenvalue weighted by molar-refractivity contribution is 7.84. The van der Waals surface area contributed by atoms with E-state index in [1.807, 2.05) is 6.07 Å². The van der Waals surface area contributed by atoms with Crippen molar-refractivity contribution in [1.82, 2.24) is 14.7 Å². The van der Waals surface area contributed by atoms with Crippen molar-refractivity contribution in [2.24, 2.45) is 5.92 Å². The molecule has 3 N–H and O–H groups in total. The summed E-state index contributed by atoms with van der Waals surface area (Å²) in [5.74, 6) is 0.651.